The van der Waals surface area contributed by atoms with Gasteiger partial charge < -0.3 is 0 Å². The van der Waals surface area contributed by atoms with Crippen molar-refractivity contribution in [2.75, 3.05) is 0 Å². The molecule has 6 heteroatoms. The van der Waals surface area contributed by atoms with Gasteiger partial charge in [-0.25, -0.2) is 0 Å². The average molecular weight is 693 g/mol. The first-order valence-corrected chi connectivity index (χ1v) is 21.5. The Morgan fingerprint density at radius 1 is 0.523 bits per heavy atom. The van der Waals surface area contributed by atoms with E-state index in [1.807, 2.05) is 68.0 Å². The minimum absolute atomic E-state index is 0.793. The van der Waals surface area contributed by atoms with Crippen molar-refractivity contribution in [3.8, 4) is 40.4 Å². The van der Waals surface area contributed by atoms with Crippen LogP contribution in [0.3, 0.4) is 0 Å². The van der Waals surface area contributed by atoms with Gasteiger partial charge in [0.05, 0.1) is 19.2 Å². The number of fused-ring (bicyclic) bond motifs is 1. The summed E-state index contributed by atoms with van der Waals surface area (Å²) in [6, 6.07) is 18.8. The van der Waals surface area contributed by atoms with Crippen molar-refractivity contribution in [1.82, 2.24) is 0 Å². The summed E-state index contributed by atoms with van der Waals surface area (Å²) in [7, 11) is 0. The quantitative estimate of drug-likeness (QED) is 0.0947. The fourth-order valence-corrected chi connectivity index (χ4v) is 13.5. The second kappa shape index (κ2) is 15.4. The van der Waals surface area contributed by atoms with Crippen molar-refractivity contribution in [1.29, 1.82) is 0 Å². The molecule has 0 bridgehead atoms. The van der Waals surface area contributed by atoms with Crippen molar-refractivity contribution in [2.45, 2.75) is 91.9 Å². The highest BCUT2D eigenvalue weighted by atomic mass is 32.1. The average Bonchev–Trinajstić information content (AvgIpc) is 3.86. The van der Waals surface area contributed by atoms with Crippen LogP contribution >= 0.6 is 68.0 Å². The molecule has 0 nitrogen and oxygen atoms in total. The van der Waals surface area contributed by atoms with E-state index >= 15 is 0 Å². The number of hydrogen-bond acceptors (Lipinski definition) is 6. The zero-order valence-electron chi connectivity index (χ0n) is 26.4. The van der Waals surface area contributed by atoms with Gasteiger partial charge in [0.2, 0.25) is 0 Å². The predicted molar refractivity (Wildman–Crippen MR) is 207 cm³/mol. The maximum absolute atomic E-state index is 2.43. The molecule has 6 aromatic rings. The molecule has 2 unspecified atom stereocenters. The number of thiophene rings is 6. The van der Waals surface area contributed by atoms with Crippen LogP contribution in [-0.4, -0.2) is 0 Å². The molecular formula is C38H44S6. The molecule has 6 rings (SSSR count). The third-order valence-corrected chi connectivity index (χ3v) is 15.8. The monoisotopic (exact) mass is 692 g/mol. The largest absolute Gasteiger partial charge is 0.143 e. The van der Waals surface area contributed by atoms with Crippen LogP contribution in [0.15, 0.2) is 59.3 Å². The molecule has 6 heterocycles. The molecule has 6 aromatic heterocycles. The van der Waals surface area contributed by atoms with Gasteiger partial charge >= 0.3 is 0 Å². The van der Waals surface area contributed by atoms with Gasteiger partial charge in [-0.1, -0.05) is 91.2 Å². The minimum Gasteiger partial charge on any atom is -0.143 e. The molecule has 0 saturated heterocycles. The second-order valence-corrected chi connectivity index (χ2v) is 18.3. The Morgan fingerprint density at radius 3 is 1.34 bits per heavy atom. The van der Waals surface area contributed by atoms with Crippen molar-refractivity contribution in [3.63, 3.8) is 0 Å². The van der Waals surface area contributed by atoms with Crippen LogP contribution < -0.4 is 0 Å². The Hall–Kier alpha value is -1.54. The lowest BCUT2D eigenvalue weighted by atomic mass is 9.95. The Labute approximate surface area is 288 Å². The van der Waals surface area contributed by atoms with E-state index in [2.05, 4.69) is 87.0 Å². The van der Waals surface area contributed by atoms with Gasteiger partial charge in [-0.05, 0) is 71.8 Å². The van der Waals surface area contributed by atoms with Crippen LogP contribution in [0.5, 0.6) is 0 Å². The second-order valence-electron chi connectivity index (χ2n) is 12.0. The van der Waals surface area contributed by atoms with Gasteiger partial charge in [0, 0.05) is 40.4 Å². The molecule has 0 aromatic carbocycles. The lowest BCUT2D eigenvalue weighted by Crippen LogP contribution is -2.01. The highest BCUT2D eigenvalue weighted by molar-refractivity contribution is 7.36. The van der Waals surface area contributed by atoms with Gasteiger partial charge in [-0.3, -0.25) is 0 Å². The van der Waals surface area contributed by atoms with Gasteiger partial charge in [-0.2, -0.15) is 0 Å². The van der Waals surface area contributed by atoms with Crippen molar-refractivity contribution in [3.05, 3.63) is 69.0 Å². The Morgan fingerprint density at radius 2 is 0.977 bits per heavy atom. The van der Waals surface area contributed by atoms with Gasteiger partial charge in [0.1, 0.15) is 0 Å². The SMILES string of the molecule is CCCCC(CC)Cc1ccc(-c2c(-c3cccs3)sc3c(-c4ccc(CC(CC)CCCC)s4)c(-c4cccs4)sc23)s1. The fourth-order valence-electron chi connectivity index (χ4n) is 6.24. The molecule has 0 aliphatic heterocycles. The van der Waals surface area contributed by atoms with Crippen LogP contribution in [0.2, 0.25) is 0 Å². The third kappa shape index (κ3) is 7.06. The standard InChI is InChI=1S/C38H44S6/c1-5-9-13-25(7-3)23-27-17-19-29(41-27)33-35(31-15-11-21-39-31)43-38-34(36(44-37(33)38)32-16-12-22-40-32)30-20-18-28(42-30)24-26(8-4)14-10-6-2/h11-12,15-22,25-26H,5-10,13-14,23-24H2,1-4H3. The van der Waals surface area contributed by atoms with E-state index in [1.54, 1.807) is 9.75 Å². The summed E-state index contributed by atoms with van der Waals surface area (Å²) in [5, 5.41) is 4.47. The van der Waals surface area contributed by atoms with Crippen molar-refractivity contribution >= 4 is 77.4 Å². The molecule has 0 N–H and O–H groups in total. The topological polar surface area (TPSA) is 0 Å². The zero-order valence-corrected chi connectivity index (χ0v) is 31.3. The molecular weight excluding hydrogens is 649 g/mol. The van der Waals surface area contributed by atoms with E-state index in [4.69, 9.17) is 0 Å². The highest BCUT2D eigenvalue weighted by Gasteiger charge is 2.27. The molecule has 0 spiro atoms. The summed E-state index contributed by atoms with van der Waals surface area (Å²) in [6.45, 7) is 9.37. The number of rotatable bonds is 16. The van der Waals surface area contributed by atoms with Crippen LogP contribution in [0.4, 0.5) is 0 Å². The van der Waals surface area contributed by atoms with Crippen LogP contribution in [0, 0.1) is 11.8 Å². The minimum atomic E-state index is 0.793. The lowest BCUT2D eigenvalue weighted by molar-refractivity contribution is 0.452. The van der Waals surface area contributed by atoms with Crippen molar-refractivity contribution < 1.29 is 0 Å². The summed E-state index contributed by atoms with van der Waals surface area (Å²) in [5.41, 5.74) is 2.95. The molecule has 232 valence electrons. The van der Waals surface area contributed by atoms with E-state index in [9.17, 15) is 0 Å². The Balaban J connectivity index is 1.45. The first-order valence-electron chi connectivity index (χ1n) is 16.5. The van der Waals surface area contributed by atoms with Crippen LogP contribution in [-0.2, 0) is 12.8 Å². The first-order chi connectivity index (χ1) is 21.6. The summed E-state index contributed by atoms with van der Waals surface area (Å²) < 4.78 is 2.96. The maximum Gasteiger partial charge on any atom is 0.0557 e. The van der Waals surface area contributed by atoms with E-state index in [0.29, 0.717) is 0 Å². The molecule has 44 heavy (non-hydrogen) atoms. The molecule has 0 amide bonds. The fraction of sp³-hybridized carbons (Fsp3) is 0.421. The van der Waals surface area contributed by atoms with Gasteiger partial charge in [-0.15, -0.1) is 68.0 Å². The molecule has 0 fully saturated rings. The van der Waals surface area contributed by atoms with E-state index in [-0.39, 0.29) is 0 Å². The summed E-state index contributed by atoms with van der Waals surface area (Å²) in [4.78, 5) is 11.7. The first kappa shape index (κ1) is 32.4. The Kier molecular flexibility index (Phi) is 11.3. The van der Waals surface area contributed by atoms with Crippen LogP contribution in [0.1, 0.15) is 88.8 Å². The molecule has 2 atom stereocenters. The molecule has 0 aliphatic carbocycles. The Bertz CT molecular complexity index is 1590. The number of hydrogen-bond donors (Lipinski definition) is 0. The number of unbranched alkanes of at least 4 members (excludes halogenated alkanes) is 2. The summed E-state index contributed by atoms with van der Waals surface area (Å²) in [6.07, 6.45) is 12.9. The summed E-state index contributed by atoms with van der Waals surface area (Å²) in [5.74, 6) is 1.59. The van der Waals surface area contributed by atoms with E-state index in [0.717, 1.165) is 11.8 Å². The predicted octanol–water partition coefficient (Wildman–Crippen LogP) is 15.4. The molecule has 0 aliphatic rings. The smallest absolute Gasteiger partial charge is 0.0557 e. The van der Waals surface area contributed by atoms with Crippen molar-refractivity contribution in [2.24, 2.45) is 11.8 Å². The highest BCUT2D eigenvalue weighted by Crippen LogP contribution is 2.57. The third-order valence-electron chi connectivity index (χ3n) is 8.90. The van der Waals surface area contributed by atoms with Crippen LogP contribution in [0.25, 0.3) is 49.8 Å². The van der Waals surface area contributed by atoms with Gasteiger partial charge in [0.25, 0.3) is 0 Å². The van der Waals surface area contributed by atoms with Gasteiger partial charge in [0.15, 0.2) is 0 Å². The summed E-state index contributed by atoms with van der Waals surface area (Å²) >= 11 is 11.9. The van der Waals surface area contributed by atoms with E-state index < -0.39 is 0 Å². The molecule has 0 radical (unpaired) electrons. The normalized spacial score (nSPS) is 13.3. The zero-order chi connectivity index (χ0) is 30.5. The molecule has 0 saturated carbocycles. The lowest BCUT2D eigenvalue weighted by Gasteiger charge is -2.12. The van der Waals surface area contributed by atoms with E-state index in [1.165, 1.54) is 114 Å². The maximum atomic E-state index is 2.43.